The van der Waals surface area contributed by atoms with Crippen LogP contribution in [0, 0.1) is 5.92 Å². The molecule has 0 bridgehead atoms. The van der Waals surface area contributed by atoms with Crippen LogP contribution in [0.4, 0.5) is 0 Å². The average Bonchev–Trinajstić information content (AvgIpc) is 1.98. The van der Waals surface area contributed by atoms with Gasteiger partial charge in [-0.1, -0.05) is 13.8 Å². The Balaban J connectivity index is 3.65. The van der Waals surface area contributed by atoms with Crippen LogP contribution in [0.5, 0.6) is 0 Å². The minimum absolute atomic E-state index is 0.00597. The topological polar surface area (TPSA) is 46.2 Å². The van der Waals surface area contributed by atoms with Gasteiger partial charge in [-0.25, -0.2) is 0 Å². The summed E-state index contributed by atoms with van der Waals surface area (Å²) in [5, 5.41) is 2.81. The normalized spacial score (nSPS) is 12.6. The molecule has 0 saturated heterocycles. The van der Waals surface area contributed by atoms with E-state index in [1.165, 1.54) is 6.92 Å². The lowest BCUT2D eigenvalue weighted by molar-refractivity contribution is -0.127. The van der Waals surface area contributed by atoms with Crippen LogP contribution in [0.15, 0.2) is 0 Å². The minimum atomic E-state index is -0.159. The monoisotopic (exact) mass is 199 g/mol. The molecule has 0 heterocycles. The van der Waals surface area contributed by atoms with Gasteiger partial charge in [0.1, 0.15) is 5.78 Å². The lowest BCUT2D eigenvalue weighted by Gasteiger charge is -2.14. The van der Waals surface area contributed by atoms with Crippen molar-refractivity contribution in [3.8, 4) is 0 Å². The minimum Gasteiger partial charge on any atom is -0.353 e. The molecular weight excluding hydrogens is 178 g/mol. The van der Waals surface area contributed by atoms with Gasteiger partial charge in [0.2, 0.25) is 5.91 Å². The van der Waals surface area contributed by atoms with Gasteiger partial charge in [-0.2, -0.15) is 0 Å². The Morgan fingerprint density at radius 2 is 1.71 bits per heavy atom. The SMILES string of the molecule is CC(=O)CC(=O)N[C@H](C)CCC(C)C. The Hall–Kier alpha value is -0.860. The summed E-state index contributed by atoms with van der Waals surface area (Å²) in [6.07, 6.45) is 2.08. The maximum Gasteiger partial charge on any atom is 0.227 e. The predicted octanol–water partition coefficient (Wildman–Crippen LogP) is 1.91. The highest BCUT2D eigenvalue weighted by Crippen LogP contribution is 2.06. The number of carbonyl (C=O) groups is 2. The van der Waals surface area contributed by atoms with Gasteiger partial charge >= 0.3 is 0 Å². The summed E-state index contributed by atoms with van der Waals surface area (Å²) in [6.45, 7) is 7.72. The van der Waals surface area contributed by atoms with Crippen LogP contribution in [-0.4, -0.2) is 17.7 Å². The Labute approximate surface area is 86.3 Å². The van der Waals surface area contributed by atoms with E-state index < -0.39 is 0 Å². The van der Waals surface area contributed by atoms with Gasteiger partial charge < -0.3 is 5.32 Å². The zero-order valence-electron chi connectivity index (χ0n) is 9.59. The number of ketones is 1. The largest absolute Gasteiger partial charge is 0.353 e. The molecule has 0 unspecified atom stereocenters. The van der Waals surface area contributed by atoms with Crippen LogP contribution in [-0.2, 0) is 9.59 Å². The molecule has 0 aliphatic rings. The van der Waals surface area contributed by atoms with Crippen molar-refractivity contribution in [3.05, 3.63) is 0 Å². The fourth-order valence-corrected chi connectivity index (χ4v) is 1.21. The third-order valence-corrected chi connectivity index (χ3v) is 1.99. The van der Waals surface area contributed by atoms with Gasteiger partial charge in [0, 0.05) is 6.04 Å². The van der Waals surface area contributed by atoms with E-state index in [4.69, 9.17) is 0 Å². The first-order valence-electron chi connectivity index (χ1n) is 5.20. The number of hydrogen-bond donors (Lipinski definition) is 1. The van der Waals surface area contributed by atoms with E-state index in [-0.39, 0.29) is 24.2 Å². The van der Waals surface area contributed by atoms with E-state index in [0.717, 1.165) is 12.8 Å². The number of carbonyl (C=O) groups excluding carboxylic acids is 2. The Bertz CT molecular complexity index is 199. The quantitative estimate of drug-likeness (QED) is 0.664. The van der Waals surface area contributed by atoms with Gasteiger partial charge in [0.25, 0.3) is 0 Å². The zero-order valence-corrected chi connectivity index (χ0v) is 9.59. The summed E-state index contributed by atoms with van der Waals surface area (Å²) in [4.78, 5) is 21.8. The standard InChI is InChI=1S/C11H21NO2/c1-8(2)5-6-9(3)12-11(14)7-10(4)13/h8-9H,5-7H2,1-4H3,(H,12,14)/t9-/m1/s1. The van der Waals surface area contributed by atoms with Crippen LogP contribution in [0.3, 0.4) is 0 Å². The van der Waals surface area contributed by atoms with Gasteiger partial charge in [-0.05, 0) is 32.6 Å². The molecule has 0 aromatic carbocycles. The van der Waals surface area contributed by atoms with Crippen molar-refractivity contribution < 1.29 is 9.59 Å². The summed E-state index contributed by atoms with van der Waals surface area (Å²) >= 11 is 0. The fraction of sp³-hybridized carbons (Fsp3) is 0.818. The smallest absolute Gasteiger partial charge is 0.227 e. The molecule has 0 rings (SSSR count). The molecule has 14 heavy (non-hydrogen) atoms. The predicted molar refractivity (Wildman–Crippen MR) is 57.0 cm³/mol. The van der Waals surface area contributed by atoms with Gasteiger partial charge in [0.05, 0.1) is 6.42 Å². The first-order chi connectivity index (χ1) is 6.41. The van der Waals surface area contributed by atoms with Crippen molar-refractivity contribution in [2.24, 2.45) is 5.92 Å². The van der Waals surface area contributed by atoms with Crippen LogP contribution < -0.4 is 5.32 Å². The summed E-state index contributed by atoms with van der Waals surface area (Å²) in [5.41, 5.74) is 0. The number of amides is 1. The van der Waals surface area contributed by atoms with Crippen molar-refractivity contribution in [1.82, 2.24) is 5.32 Å². The highest BCUT2D eigenvalue weighted by Gasteiger charge is 2.09. The number of nitrogens with one attached hydrogen (secondary N) is 1. The van der Waals surface area contributed by atoms with E-state index in [1.807, 2.05) is 6.92 Å². The number of rotatable bonds is 6. The third kappa shape index (κ3) is 7.77. The molecule has 0 aliphatic carbocycles. The van der Waals surface area contributed by atoms with Crippen LogP contribution in [0.2, 0.25) is 0 Å². The highest BCUT2D eigenvalue weighted by molar-refractivity contribution is 5.96. The molecule has 0 radical (unpaired) electrons. The zero-order chi connectivity index (χ0) is 11.1. The molecule has 0 aromatic heterocycles. The van der Waals surface area contributed by atoms with Crippen molar-refractivity contribution in [3.63, 3.8) is 0 Å². The summed E-state index contributed by atoms with van der Waals surface area (Å²) in [5.74, 6) is 0.412. The molecule has 1 amide bonds. The van der Waals surface area contributed by atoms with E-state index in [0.29, 0.717) is 5.92 Å². The van der Waals surface area contributed by atoms with Crippen molar-refractivity contribution in [2.75, 3.05) is 0 Å². The second-order valence-electron chi connectivity index (χ2n) is 4.32. The van der Waals surface area contributed by atoms with E-state index in [2.05, 4.69) is 19.2 Å². The summed E-state index contributed by atoms with van der Waals surface area (Å²) in [6, 6.07) is 0.171. The van der Waals surface area contributed by atoms with E-state index in [9.17, 15) is 9.59 Å². The second-order valence-corrected chi connectivity index (χ2v) is 4.32. The number of Topliss-reactive ketones (excluding diaryl/α,β-unsaturated/α-hetero) is 1. The molecule has 0 saturated carbocycles. The van der Waals surface area contributed by atoms with Crippen LogP contribution in [0.25, 0.3) is 0 Å². The van der Waals surface area contributed by atoms with Gasteiger partial charge in [-0.15, -0.1) is 0 Å². The molecule has 1 atom stereocenters. The van der Waals surface area contributed by atoms with Gasteiger partial charge in [-0.3, -0.25) is 9.59 Å². The maximum absolute atomic E-state index is 11.2. The molecule has 1 N–H and O–H groups in total. The lowest BCUT2D eigenvalue weighted by atomic mass is 10.0. The first kappa shape index (κ1) is 13.1. The molecule has 0 aliphatic heterocycles. The average molecular weight is 199 g/mol. The first-order valence-corrected chi connectivity index (χ1v) is 5.20. The summed E-state index contributed by atoms with van der Waals surface area (Å²) in [7, 11) is 0. The molecule has 0 fully saturated rings. The number of hydrogen-bond acceptors (Lipinski definition) is 2. The van der Waals surface area contributed by atoms with Crippen molar-refractivity contribution in [2.45, 2.75) is 53.0 Å². The van der Waals surface area contributed by atoms with Crippen LogP contribution >= 0.6 is 0 Å². The third-order valence-electron chi connectivity index (χ3n) is 1.99. The molecule has 0 aromatic rings. The van der Waals surface area contributed by atoms with E-state index >= 15 is 0 Å². The Kier molecular flexibility index (Phi) is 6.17. The summed E-state index contributed by atoms with van der Waals surface area (Å²) < 4.78 is 0. The fourth-order valence-electron chi connectivity index (χ4n) is 1.21. The molecule has 3 heteroatoms. The van der Waals surface area contributed by atoms with Crippen molar-refractivity contribution >= 4 is 11.7 Å². The molecule has 0 spiro atoms. The van der Waals surface area contributed by atoms with Crippen LogP contribution in [0.1, 0.15) is 47.0 Å². The molecular formula is C11H21NO2. The van der Waals surface area contributed by atoms with Crippen molar-refractivity contribution in [1.29, 1.82) is 0 Å². The Morgan fingerprint density at radius 3 is 2.14 bits per heavy atom. The lowest BCUT2D eigenvalue weighted by Crippen LogP contribution is -2.33. The molecule has 3 nitrogen and oxygen atoms in total. The Morgan fingerprint density at radius 1 is 1.14 bits per heavy atom. The maximum atomic E-state index is 11.2. The van der Waals surface area contributed by atoms with Gasteiger partial charge in [0.15, 0.2) is 0 Å². The second kappa shape index (κ2) is 6.57. The molecule has 82 valence electrons. The highest BCUT2D eigenvalue weighted by atomic mass is 16.2. The van der Waals surface area contributed by atoms with E-state index in [1.54, 1.807) is 0 Å².